The first-order valence-corrected chi connectivity index (χ1v) is 23.3. The maximum atomic E-state index is 6.68. The lowest BCUT2D eigenvalue weighted by Crippen LogP contribution is -2.28. The normalized spacial score (nSPS) is 12.8. The van der Waals surface area contributed by atoms with E-state index in [0.29, 0.717) is 0 Å². The fourth-order valence-corrected chi connectivity index (χ4v) is 11.4. The minimum atomic E-state index is -0.557. The van der Waals surface area contributed by atoms with E-state index in [9.17, 15) is 0 Å². The summed E-state index contributed by atoms with van der Waals surface area (Å²) in [6.45, 7) is 0. The summed E-state index contributed by atoms with van der Waals surface area (Å²) in [5, 5.41) is 6.81. The van der Waals surface area contributed by atoms with Gasteiger partial charge in [-0.1, -0.05) is 188 Å². The lowest BCUT2D eigenvalue weighted by Gasteiger charge is -2.34. The van der Waals surface area contributed by atoms with Crippen LogP contribution in [0.5, 0.6) is 0 Å². The number of benzene rings is 11. The van der Waals surface area contributed by atoms with Gasteiger partial charge in [0, 0.05) is 38.4 Å². The highest BCUT2D eigenvalue weighted by Crippen LogP contribution is 2.60. The Morgan fingerprint density at radius 1 is 0.324 bits per heavy atom. The van der Waals surface area contributed by atoms with Crippen molar-refractivity contribution in [1.29, 1.82) is 0 Å². The Kier molecular flexibility index (Phi) is 8.50. The molecule has 0 N–H and O–H groups in total. The maximum absolute atomic E-state index is 6.68. The van der Waals surface area contributed by atoms with Crippen LogP contribution in [0.4, 0.5) is 17.1 Å². The summed E-state index contributed by atoms with van der Waals surface area (Å²) in [7, 11) is 0. The van der Waals surface area contributed by atoms with E-state index in [0.717, 1.165) is 88.6 Å². The zero-order valence-corrected chi connectivity index (χ0v) is 36.9. The van der Waals surface area contributed by atoms with E-state index in [4.69, 9.17) is 8.83 Å². The van der Waals surface area contributed by atoms with Gasteiger partial charge in [-0.25, -0.2) is 0 Å². The molecule has 1 aliphatic carbocycles. The van der Waals surface area contributed by atoms with E-state index >= 15 is 0 Å². The molecule has 1 aliphatic rings. The minimum absolute atomic E-state index is 0.557. The molecule has 0 saturated carbocycles. The molecule has 2 aromatic heterocycles. The van der Waals surface area contributed by atoms with Gasteiger partial charge in [0.15, 0.2) is 0 Å². The Labute approximate surface area is 393 Å². The summed E-state index contributed by atoms with van der Waals surface area (Å²) in [6.07, 6.45) is 0. The predicted molar refractivity (Wildman–Crippen MR) is 281 cm³/mol. The molecule has 14 rings (SSSR count). The summed E-state index contributed by atoms with van der Waals surface area (Å²) >= 11 is 0. The van der Waals surface area contributed by atoms with Crippen molar-refractivity contribution >= 4 is 71.7 Å². The van der Waals surface area contributed by atoms with Crippen molar-refractivity contribution in [3.05, 3.63) is 271 Å². The second-order valence-electron chi connectivity index (χ2n) is 17.9. The first-order valence-electron chi connectivity index (χ1n) is 23.3. The highest BCUT2D eigenvalue weighted by molar-refractivity contribution is 6.17. The Hall–Kier alpha value is -8.92. The number of para-hydroxylation sites is 2. The molecular weight excluding hydrogens is 827 g/mol. The van der Waals surface area contributed by atoms with Crippen LogP contribution in [0.3, 0.4) is 0 Å². The molecule has 0 radical (unpaired) electrons. The molecule has 68 heavy (non-hydrogen) atoms. The first kappa shape index (κ1) is 38.4. The number of hydrogen-bond donors (Lipinski definition) is 0. The van der Waals surface area contributed by atoms with Crippen molar-refractivity contribution in [1.82, 2.24) is 0 Å². The summed E-state index contributed by atoms with van der Waals surface area (Å²) in [4.78, 5) is 2.49. The van der Waals surface area contributed by atoms with Crippen molar-refractivity contribution in [2.24, 2.45) is 0 Å². The second kappa shape index (κ2) is 15.1. The van der Waals surface area contributed by atoms with Gasteiger partial charge in [-0.05, 0) is 116 Å². The molecule has 0 fully saturated rings. The fourth-order valence-electron chi connectivity index (χ4n) is 11.4. The molecule has 0 unspecified atom stereocenters. The number of nitrogens with zero attached hydrogens (tertiary/aromatic N) is 1. The van der Waals surface area contributed by atoms with Crippen LogP contribution in [0.2, 0.25) is 0 Å². The van der Waals surface area contributed by atoms with Crippen LogP contribution in [0.1, 0.15) is 22.3 Å². The van der Waals surface area contributed by atoms with Gasteiger partial charge in [0.05, 0.1) is 16.8 Å². The Morgan fingerprint density at radius 2 is 0.882 bits per heavy atom. The second-order valence-corrected chi connectivity index (χ2v) is 17.9. The lowest BCUT2D eigenvalue weighted by molar-refractivity contribution is 0.669. The number of anilines is 3. The Morgan fingerprint density at radius 3 is 1.69 bits per heavy atom. The lowest BCUT2D eigenvalue weighted by atomic mass is 9.68. The summed E-state index contributed by atoms with van der Waals surface area (Å²) in [5.41, 5.74) is 18.0. The van der Waals surface area contributed by atoms with Gasteiger partial charge >= 0.3 is 0 Å². The largest absolute Gasteiger partial charge is 0.456 e. The van der Waals surface area contributed by atoms with Crippen molar-refractivity contribution in [3.8, 4) is 33.4 Å². The van der Waals surface area contributed by atoms with Gasteiger partial charge in [-0.3, -0.25) is 0 Å². The van der Waals surface area contributed by atoms with Gasteiger partial charge in [0.2, 0.25) is 0 Å². The van der Waals surface area contributed by atoms with E-state index in [1.54, 1.807) is 0 Å². The standard InChI is InChI=1S/C65H41NO2/c1-3-19-46(20-4-1)65(47-21-5-2-6-22-47)55-27-12-9-25-53(55)64-56(65)28-16-30-58(64)66(48-36-33-42(34-37-48)45-35-38-51-50-24-11-14-31-59(50)67-61(51)41-45)57-29-13-10-23-49(57)52-26-15-32-60-63(52)54-39-43-17-7-8-18-44(43)40-62(54)68-60/h1-41H. The summed E-state index contributed by atoms with van der Waals surface area (Å²) in [5.74, 6) is 0. The van der Waals surface area contributed by atoms with Crippen LogP contribution >= 0.6 is 0 Å². The maximum Gasteiger partial charge on any atom is 0.136 e. The first-order chi connectivity index (χ1) is 33.7. The van der Waals surface area contributed by atoms with Gasteiger partial charge in [-0.2, -0.15) is 0 Å². The highest BCUT2D eigenvalue weighted by Gasteiger charge is 2.47. The van der Waals surface area contributed by atoms with Crippen molar-refractivity contribution < 1.29 is 8.83 Å². The Balaban J connectivity index is 1.02. The third kappa shape index (κ3) is 5.66. The van der Waals surface area contributed by atoms with Crippen LogP contribution < -0.4 is 4.90 Å². The Bertz CT molecular complexity index is 4050. The van der Waals surface area contributed by atoms with Crippen molar-refractivity contribution in [2.45, 2.75) is 5.41 Å². The molecule has 11 aromatic carbocycles. The average Bonchev–Trinajstić information content (AvgIpc) is 4.07. The van der Waals surface area contributed by atoms with Gasteiger partial charge in [-0.15, -0.1) is 0 Å². The van der Waals surface area contributed by atoms with Crippen LogP contribution in [-0.4, -0.2) is 0 Å². The fraction of sp³-hybridized carbons (Fsp3) is 0.0154. The number of rotatable bonds is 7. The smallest absolute Gasteiger partial charge is 0.136 e. The molecule has 0 saturated heterocycles. The van der Waals surface area contributed by atoms with E-state index in [2.05, 4.69) is 241 Å². The minimum Gasteiger partial charge on any atom is -0.456 e. The topological polar surface area (TPSA) is 29.5 Å². The molecule has 0 aliphatic heterocycles. The van der Waals surface area contributed by atoms with Crippen LogP contribution in [0.15, 0.2) is 258 Å². The van der Waals surface area contributed by atoms with E-state index in [1.165, 1.54) is 38.8 Å². The summed E-state index contributed by atoms with van der Waals surface area (Å²) < 4.78 is 13.0. The molecule has 3 heteroatoms. The van der Waals surface area contributed by atoms with Crippen molar-refractivity contribution in [3.63, 3.8) is 0 Å². The predicted octanol–water partition coefficient (Wildman–Crippen LogP) is 17.8. The van der Waals surface area contributed by atoms with Crippen LogP contribution in [0, 0.1) is 0 Å². The molecule has 0 atom stereocenters. The average molecular weight is 868 g/mol. The molecule has 0 bridgehead atoms. The monoisotopic (exact) mass is 867 g/mol. The molecule has 0 amide bonds. The van der Waals surface area contributed by atoms with Crippen LogP contribution in [-0.2, 0) is 5.41 Å². The molecule has 3 nitrogen and oxygen atoms in total. The molecule has 0 spiro atoms. The number of hydrogen-bond acceptors (Lipinski definition) is 3. The van der Waals surface area contributed by atoms with E-state index in [1.807, 2.05) is 12.1 Å². The number of furan rings is 2. The highest BCUT2D eigenvalue weighted by atomic mass is 16.3. The third-order valence-electron chi connectivity index (χ3n) is 14.3. The zero-order chi connectivity index (χ0) is 44.8. The van der Waals surface area contributed by atoms with Gasteiger partial charge in [0.25, 0.3) is 0 Å². The molecule has 13 aromatic rings. The SMILES string of the molecule is c1ccc(C2(c3ccccc3)c3ccccc3-c3c(N(c4ccc(-c5ccc6c(c5)oc5ccccc56)cc4)c4ccccc4-c4cccc5oc6cc7ccccc7cc6c45)cccc32)cc1. The van der Waals surface area contributed by atoms with E-state index in [-0.39, 0.29) is 0 Å². The molecule has 318 valence electrons. The third-order valence-corrected chi connectivity index (χ3v) is 14.3. The summed E-state index contributed by atoms with van der Waals surface area (Å²) in [6, 6.07) is 90.2. The van der Waals surface area contributed by atoms with E-state index < -0.39 is 5.41 Å². The van der Waals surface area contributed by atoms with Gasteiger partial charge < -0.3 is 13.7 Å². The molecule has 2 heterocycles. The van der Waals surface area contributed by atoms with Gasteiger partial charge in [0.1, 0.15) is 22.3 Å². The zero-order valence-electron chi connectivity index (χ0n) is 36.9. The van der Waals surface area contributed by atoms with Crippen molar-refractivity contribution in [2.75, 3.05) is 4.90 Å². The van der Waals surface area contributed by atoms with Crippen LogP contribution in [0.25, 0.3) is 88.0 Å². The number of fused-ring (bicyclic) bond motifs is 10. The quantitative estimate of drug-likeness (QED) is 0.160. The molecular formula is C65H41NO2.